The van der Waals surface area contributed by atoms with Gasteiger partial charge in [0.25, 0.3) is 5.91 Å². The van der Waals surface area contributed by atoms with E-state index in [2.05, 4.69) is 10.2 Å². The van der Waals surface area contributed by atoms with Crippen molar-refractivity contribution in [2.75, 3.05) is 45.9 Å². The van der Waals surface area contributed by atoms with E-state index in [-0.39, 0.29) is 41.8 Å². The van der Waals surface area contributed by atoms with Crippen LogP contribution in [-0.2, 0) is 14.3 Å². The summed E-state index contributed by atoms with van der Waals surface area (Å²) in [5.74, 6) is -0.000617. The number of nitrogens with two attached hydrogens (primary N) is 1. The predicted octanol–water partition coefficient (Wildman–Crippen LogP) is 1.54. The van der Waals surface area contributed by atoms with Gasteiger partial charge >= 0.3 is 0 Å². The summed E-state index contributed by atoms with van der Waals surface area (Å²) in [4.78, 5) is 46.8. The van der Waals surface area contributed by atoms with Crippen LogP contribution in [-0.4, -0.2) is 103 Å². The van der Waals surface area contributed by atoms with Crippen LogP contribution >= 0.6 is 0 Å². The number of benzene rings is 1. The summed E-state index contributed by atoms with van der Waals surface area (Å²) >= 11 is 0. The molecule has 1 aromatic carbocycles. The highest BCUT2D eigenvalue weighted by atomic mass is 16.5. The number of morpholine rings is 1. The molecule has 4 aliphatic rings. The summed E-state index contributed by atoms with van der Waals surface area (Å²) in [5.41, 5.74) is 7.72. The number of nitrogens with one attached hydrogen (secondary N) is 1. The molecule has 2 saturated carbocycles. The number of carbonyl (C=O) groups is 3. The molecule has 3 amide bonds. The van der Waals surface area contributed by atoms with Crippen LogP contribution in [0, 0.1) is 12.8 Å². The molecular formula is C29H43N5O4. The van der Waals surface area contributed by atoms with Crippen LogP contribution in [0.4, 0.5) is 0 Å². The second kappa shape index (κ2) is 12.1. The van der Waals surface area contributed by atoms with Crippen molar-refractivity contribution in [3.05, 3.63) is 35.4 Å². The smallest absolute Gasteiger partial charge is 0.254 e. The minimum atomic E-state index is -0.595. The van der Waals surface area contributed by atoms with Gasteiger partial charge in [-0.3, -0.25) is 19.3 Å². The van der Waals surface area contributed by atoms with Gasteiger partial charge in [0.2, 0.25) is 11.8 Å². The molecule has 9 nitrogen and oxygen atoms in total. The van der Waals surface area contributed by atoms with E-state index < -0.39 is 6.04 Å². The molecule has 208 valence electrons. The van der Waals surface area contributed by atoms with Crippen molar-refractivity contribution in [3.63, 3.8) is 0 Å². The molecule has 0 radical (unpaired) electrons. The minimum Gasteiger partial charge on any atom is -0.379 e. The zero-order chi connectivity index (χ0) is 26.6. The molecule has 3 N–H and O–H groups in total. The topological polar surface area (TPSA) is 108 Å². The van der Waals surface area contributed by atoms with Gasteiger partial charge in [-0.2, -0.15) is 0 Å². The number of hydrogen-bond acceptors (Lipinski definition) is 6. The first-order valence-corrected chi connectivity index (χ1v) is 14.4. The highest BCUT2D eigenvalue weighted by molar-refractivity contribution is 5.98. The molecule has 38 heavy (non-hydrogen) atoms. The van der Waals surface area contributed by atoms with Crippen molar-refractivity contribution < 1.29 is 19.1 Å². The molecule has 2 aliphatic heterocycles. The maximum atomic E-state index is 13.7. The molecule has 0 bridgehead atoms. The van der Waals surface area contributed by atoms with Crippen LogP contribution in [0.25, 0.3) is 0 Å². The number of nitrogens with zero attached hydrogens (tertiary/aromatic N) is 3. The number of ether oxygens (including phenoxy) is 1. The van der Waals surface area contributed by atoms with Crippen LogP contribution in [0.3, 0.4) is 0 Å². The van der Waals surface area contributed by atoms with Crippen molar-refractivity contribution in [2.45, 2.75) is 76.0 Å². The Hall–Kier alpha value is -2.49. The quantitative estimate of drug-likeness (QED) is 0.533. The minimum absolute atomic E-state index is 0.0836. The third-order valence-electron chi connectivity index (χ3n) is 8.67. The lowest BCUT2D eigenvalue weighted by Crippen LogP contribution is -2.50. The zero-order valence-corrected chi connectivity index (χ0v) is 22.6. The number of carbonyl (C=O) groups excluding carboxylic acids is 3. The molecule has 2 unspecified atom stereocenters. The molecular weight excluding hydrogens is 482 g/mol. The largest absolute Gasteiger partial charge is 0.379 e. The summed E-state index contributed by atoms with van der Waals surface area (Å²) in [6.45, 7) is 6.92. The molecule has 4 fully saturated rings. The first kappa shape index (κ1) is 27.1. The summed E-state index contributed by atoms with van der Waals surface area (Å²) in [6.07, 6.45) is 5.85. The first-order chi connectivity index (χ1) is 18.4. The highest BCUT2D eigenvalue weighted by Gasteiger charge is 2.45. The van der Waals surface area contributed by atoms with Crippen LogP contribution < -0.4 is 11.1 Å². The van der Waals surface area contributed by atoms with Gasteiger partial charge in [-0.25, -0.2) is 0 Å². The Morgan fingerprint density at radius 3 is 2.37 bits per heavy atom. The van der Waals surface area contributed by atoms with E-state index in [0.717, 1.165) is 63.7 Å². The van der Waals surface area contributed by atoms with Crippen molar-refractivity contribution in [1.82, 2.24) is 20.0 Å². The molecule has 5 rings (SSSR count). The third kappa shape index (κ3) is 6.55. The Kier molecular flexibility index (Phi) is 8.65. The molecule has 2 heterocycles. The Morgan fingerprint density at radius 2 is 1.71 bits per heavy atom. The lowest BCUT2D eigenvalue weighted by atomic mass is 9.91. The van der Waals surface area contributed by atoms with E-state index in [1.54, 1.807) is 4.90 Å². The zero-order valence-electron chi connectivity index (χ0n) is 22.6. The molecule has 2 atom stereocenters. The molecule has 9 heteroatoms. The van der Waals surface area contributed by atoms with Crippen LogP contribution in [0.2, 0.25) is 0 Å². The van der Waals surface area contributed by atoms with E-state index in [4.69, 9.17) is 10.5 Å². The summed E-state index contributed by atoms with van der Waals surface area (Å²) < 4.78 is 5.48. The predicted molar refractivity (Wildman–Crippen MR) is 144 cm³/mol. The van der Waals surface area contributed by atoms with Crippen molar-refractivity contribution in [3.8, 4) is 0 Å². The third-order valence-corrected chi connectivity index (χ3v) is 8.67. The average Bonchev–Trinajstić information content (AvgIpc) is 3.69. The van der Waals surface area contributed by atoms with E-state index in [9.17, 15) is 14.4 Å². The van der Waals surface area contributed by atoms with E-state index in [1.165, 1.54) is 0 Å². The number of likely N-dealkylation sites (tertiary alicyclic amines) is 1. The highest BCUT2D eigenvalue weighted by Crippen LogP contribution is 2.34. The fourth-order valence-corrected chi connectivity index (χ4v) is 6.05. The Bertz CT molecular complexity index is 983. The number of rotatable bonds is 8. The summed E-state index contributed by atoms with van der Waals surface area (Å²) in [7, 11) is 0. The van der Waals surface area contributed by atoms with Crippen molar-refractivity contribution in [1.29, 1.82) is 0 Å². The number of aryl methyl sites for hydroxylation is 1. The van der Waals surface area contributed by atoms with E-state index >= 15 is 0 Å². The average molecular weight is 526 g/mol. The fraction of sp³-hybridized carbons (Fsp3) is 0.690. The van der Waals surface area contributed by atoms with Gasteiger partial charge < -0.3 is 25.6 Å². The van der Waals surface area contributed by atoms with Gasteiger partial charge in [-0.05, 0) is 64.0 Å². The molecule has 2 aliphatic carbocycles. The molecule has 0 aromatic heterocycles. The number of hydrogen-bond donors (Lipinski definition) is 2. The van der Waals surface area contributed by atoms with Gasteiger partial charge in [0.1, 0.15) is 6.04 Å². The lowest BCUT2D eigenvalue weighted by molar-refractivity contribution is -0.135. The second-order valence-corrected chi connectivity index (χ2v) is 11.6. The Labute approximate surface area is 226 Å². The van der Waals surface area contributed by atoms with Crippen LogP contribution in [0.5, 0.6) is 0 Å². The SMILES string of the molecule is Cc1ccc(C(=O)N2CC(N(CCN3CCOCC3)C(=O)C3CC3)CC2C(=O)NC2CCC(N)CC2)cc1. The Balaban J connectivity index is 1.33. The van der Waals surface area contributed by atoms with E-state index in [1.807, 2.05) is 36.1 Å². The van der Waals surface area contributed by atoms with Crippen LogP contribution in [0.1, 0.15) is 60.9 Å². The molecule has 0 spiro atoms. The van der Waals surface area contributed by atoms with Gasteiger partial charge in [0.05, 0.1) is 19.3 Å². The number of amides is 3. The monoisotopic (exact) mass is 525 g/mol. The van der Waals surface area contributed by atoms with Crippen LogP contribution in [0.15, 0.2) is 24.3 Å². The summed E-state index contributed by atoms with van der Waals surface area (Å²) in [5, 5.41) is 3.22. The van der Waals surface area contributed by atoms with Crippen molar-refractivity contribution in [2.24, 2.45) is 11.7 Å². The lowest BCUT2D eigenvalue weighted by Gasteiger charge is -2.33. The molecule has 2 saturated heterocycles. The van der Waals surface area contributed by atoms with Gasteiger partial charge in [-0.15, -0.1) is 0 Å². The van der Waals surface area contributed by atoms with Gasteiger partial charge in [0, 0.05) is 56.3 Å². The Morgan fingerprint density at radius 1 is 1.03 bits per heavy atom. The van der Waals surface area contributed by atoms with Gasteiger partial charge in [-0.1, -0.05) is 17.7 Å². The van der Waals surface area contributed by atoms with Crippen molar-refractivity contribution >= 4 is 17.7 Å². The standard InChI is InChI=1S/C29H43N5O4/c1-20-2-4-21(5-3-20)29(37)34-19-25(18-26(34)27(35)31-24-10-8-23(30)9-11-24)33(28(36)22-6-7-22)13-12-32-14-16-38-17-15-32/h2-5,22-26H,6-19,30H2,1H3,(H,31,35). The van der Waals surface area contributed by atoms with E-state index in [0.29, 0.717) is 38.3 Å². The summed E-state index contributed by atoms with van der Waals surface area (Å²) in [6, 6.07) is 7.02. The molecule has 1 aromatic rings. The first-order valence-electron chi connectivity index (χ1n) is 14.4. The maximum absolute atomic E-state index is 13.7. The second-order valence-electron chi connectivity index (χ2n) is 11.6. The maximum Gasteiger partial charge on any atom is 0.254 e. The normalized spacial score (nSPS) is 28.2. The fourth-order valence-electron chi connectivity index (χ4n) is 6.05. The van der Waals surface area contributed by atoms with Gasteiger partial charge in [0.15, 0.2) is 0 Å².